The second kappa shape index (κ2) is 6.91. The molecule has 0 fully saturated rings. The second-order valence-electron chi connectivity index (χ2n) is 6.23. The Balaban J connectivity index is 1.53. The summed E-state index contributed by atoms with van der Waals surface area (Å²) in [6.45, 7) is 2.23. The first-order chi connectivity index (χ1) is 13.1. The molecule has 0 bridgehead atoms. The SMILES string of the molecule is Cc1cc(NC(=O)Cn2nc3ccccn3c2=O)n(Cc2ccccc2)n1. The van der Waals surface area contributed by atoms with Crippen molar-refractivity contribution in [3.05, 3.63) is 82.5 Å². The number of carbonyl (C=O) groups excluding carboxylic acids is 1. The highest BCUT2D eigenvalue weighted by Gasteiger charge is 2.13. The lowest BCUT2D eigenvalue weighted by molar-refractivity contribution is -0.117. The van der Waals surface area contributed by atoms with Crippen molar-refractivity contribution in [1.82, 2.24) is 24.0 Å². The van der Waals surface area contributed by atoms with Crippen molar-refractivity contribution in [2.24, 2.45) is 0 Å². The third-order valence-corrected chi connectivity index (χ3v) is 4.13. The fraction of sp³-hybridized carbons (Fsp3) is 0.158. The minimum atomic E-state index is -0.352. The zero-order valence-corrected chi connectivity index (χ0v) is 14.7. The molecule has 0 saturated carbocycles. The van der Waals surface area contributed by atoms with Gasteiger partial charge in [-0.1, -0.05) is 36.4 Å². The smallest absolute Gasteiger partial charge is 0.309 e. The number of nitrogens with one attached hydrogen (secondary N) is 1. The van der Waals surface area contributed by atoms with Gasteiger partial charge in [-0.2, -0.15) is 5.10 Å². The molecule has 4 rings (SSSR count). The number of hydrogen-bond donors (Lipinski definition) is 1. The summed E-state index contributed by atoms with van der Waals surface area (Å²) in [4.78, 5) is 24.8. The van der Waals surface area contributed by atoms with Crippen LogP contribution in [-0.2, 0) is 17.9 Å². The summed E-state index contributed by atoms with van der Waals surface area (Å²) in [5.74, 6) is 0.243. The highest BCUT2D eigenvalue weighted by Crippen LogP contribution is 2.13. The summed E-state index contributed by atoms with van der Waals surface area (Å²) in [5.41, 5.74) is 2.02. The predicted octanol–water partition coefficient (Wildman–Crippen LogP) is 1.69. The number of benzene rings is 1. The molecule has 0 aliphatic heterocycles. The van der Waals surface area contributed by atoms with Crippen molar-refractivity contribution >= 4 is 17.4 Å². The first-order valence-electron chi connectivity index (χ1n) is 8.52. The molecular weight excluding hydrogens is 344 g/mol. The molecule has 0 unspecified atom stereocenters. The van der Waals surface area contributed by atoms with E-state index in [0.717, 1.165) is 15.9 Å². The number of aryl methyl sites for hydroxylation is 1. The van der Waals surface area contributed by atoms with Gasteiger partial charge in [0.2, 0.25) is 5.91 Å². The number of nitrogens with zero attached hydrogens (tertiary/aromatic N) is 5. The molecule has 1 N–H and O–H groups in total. The van der Waals surface area contributed by atoms with Crippen LogP contribution >= 0.6 is 0 Å². The summed E-state index contributed by atoms with van der Waals surface area (Å²) < 4.78 is 4.28. The average Bonchev–Trinajstić information content (AvgIpc) is 3.16. The van der Waals surface area contributed by atoms with Gasteiger partial charge in [-0.15, -0.1) is 5.10 Å². The Bertz CT molecular complexity index is 1160. The number of carbonyl (C=O) groups is 1. The number of hydrogen-bond acceptors (Lipinski definition) is 4. The fourth-order valence-electron chi connectivity index (χ4n) is 2.91. The number of pyridine rings is 1. The Morgan fingerprint density at radius 2 is 1.81 bits per heavy atom. The van der Waals surface area contributed by atoms with Gasteiger partial charge >= 0.3 is 5.69 Å². The van der Waals surface area contributed by atoms with Gasteiger partial charge in [0, 0.05) is 12.3 Å². The minimum absolute atomic E-state index is 0.171. The highest BCUT2D eigenvalue weighted by molar-refractivity contribution is 5.89. The lowest BCUT2D eigenvalue weighted by Gasteiger charge is -2.09. The van der Waals surface area contributed by atoms with Gasteiger partial charge in [0.15, 0.2) is 5.65 Å². The van der Waals surface area contributed by atoms with Gasteiger partial charge in [-0.25, -0.2) is 14.2 Å². The second-order valence-corrected chi connectivity index (χ2v) is 6.23. The Labute approximate surface area is 154 Å². The molecule has 8 nitrogen and oxygen atoms in total. The molecule has 0 aliphatic rings. The molecule has 4 aromatic rings. The summed E-state index contributed by atoms with van der Waals surface area (Å²) in [6.07, 6.45) is 1.62. The Hall–Kier alpha value is -3.68. The molecule has 3 aromatic heterocycles. The van der Waals surface area contributed by atoms with Crippen LogP contribution in [0.1, 0.15) is 11.3 Å². The van der Waals surface area contributed by atoms with Crippen molar-refractivity contribution in [3.63, 3.8) is 0 Å². The summed E-state index contributed by atoms with van der Waals surface area (Å²) >= 11 is 0. The van der Waals surface area contributed by atoms with E-state index in [1.165, 1.54) is 4.40 Å². The topological polar surface area (TPSA) is 86.2 Å². The van der Waals surface area contributed by atoms with Gasteiger partial charge in [-0.05, 0) is 24.6 Å². The molecule has 3 heterocycles. The maximum atomic E-state index is 12.5. The monoisotopic (exact) mass is 362 g/mol. The van der Waals surface area contributed by atoms with E-state index in [-0.39, 0.29) is 18.1 Å². The van der Waals surface area contributed by atoms with E-state index in [0.29, 0.717) is 18.0 Å². The molecule has 1 amide bonds. The van der Waals surface area contributed by atoms with E-state index in [9.17, 15) is 9.59 Å². The maximum absolute atomic E-state index is 12.5. The highest BCUT2D eigenvalue weighted by atomic mass is 16.2. The molecule has 0 spiro atoms. The van der Waals surface area contributed by atoms with Crippen molar-refractivity contribution in [2.45, 2.75) is 20.0 Å². The van der Waals surface area contributed by atoms with Crippen LogP contribution < -0.4 is 11.0 Å². The van der Waals surface area contributed by atoms with Crippen molar-refractivity contribution in [1.29, 1.82) is 0 Å². The zero-order chi connectivity index (χ0) is 18.8. The lowest BCUT2D eigenvalue weighted by atomic mass is 10.2. The standard InChI is InChI=1S/C19H18N6O2/c1-14-11-17(24(21-14)12-15-7-3-2-4-8-15)20-18(26)13-25-19(27)23-10-6-5-9-16(23)22-25/h2-11H,12-13H2,1H3,(H,20,26). The van der Waals surface area contributed by atoms with Crippen molar-refractivity contribution < 1.29 is 4.79 Å². The van der Waals surface area contributed by atoms with E-state index in [1.54, 1.807) is 35.1 Å². The molecule has 136 valence electrons. The third-order valence-electron chi connectivity index (χ3n) is 4.13. The molecule has 1 aromatic carbocycles. The molecular formula is C19H18N6O2. The van der Waals surface area contributed by atoms with Crippen LogP contribution in [-0.4, -0.2) is 29.9 Å². The average molecular weight is 362 g/mol. The Kier molecular flexibility index (Phi) is 4.29. The fourth-order valence-corrected chi connectivity index (χ4v) is 2.91. The number of anilines is 1. The first kappa shape index (κ1) is 16.8. The number of rotatable bonds is 5. The molecule has 0 atom stereocenters. The van der Waals surface area contributed by atoms with Crippen LogP contribution in [0.2, 0.25) is 0 Å². The van der Waals surface area contributed by atoms with Crippen LogP contribution in [0.15, 0.2) is 65.6 Å². The van der Waals surface area contributed by atoms with Crippen molar-refractivity contribution in [2.75, 3.05) is 5.32 Å². The van der Waals surface area contributed by atoms with Gasteiger partial charge in [0.1, 0.15) is 12.4 Å². The summed E-state index contributed by atoms with van der Waals surface area (Å²) in [7, 11) is 0. The van der Waals surface area contributed by atoms with E-state index in [1.807, 2.05) is 37.3 Å². The number of aromatic nitrogens is 5. The van der Waals surface area contributed by atoms with E-state index in [4.69, 9.17) is 0 Å². The van der Waals surface area contributed by atoms with Gasteiger partial charge in [0.05, 0.1) is 12.2 Å². The maximum Gasteiger partial charge on any atom is 0.350 e. The van der Waals surface area contributed by atoms with Gasteiger partial charge in [0.25, 0.3) is 0 Å². The van der Waals surface area contributed by atoms with E-state index < -0.39 is 0 Å². The largest absolute Gasteiger partial charge is 0.350 e. The minimum Gasteiger partial charge on any atom is -0.309 e. The lowest BCUT2D eigenvalue weighted by Crippen LogP contribution is -2.28. The van der Waals surface area contributed by atoms with Gasteiger partial charge in [-0.3, -0.25) is 9.20 Å². The third kappa shape index (κ3) is 3.50. The molecule has 0 saturated heterocycles. The van der Waals surface area contributed by atoms with Crippen LogP contribution in [0, 0.1) is 6.92 Å². The van der Waals surface area contributed by atoms with Crippen molar-refractivity contribution in [3.8, 4) is 0 Å². The zero-order valence-electron chi connectivity index (χ0n) is 14.7. The molecule has 27 heavy (non-hydrogen) atoms. The Morgan fingerprint density at radius 1 is 1.04 bits per heavy atom. The predicted molar refractivity (Wildman–Crippen MR) is 101 cm³/mol. The Morgan fingerprint density at radius 3 is 2.59 bits per heavy atom. The normalized spacial score (nSPS) is 11.0. The van der Waals surface area contributed by atoms with Gasteiger partial charge < -0.3 is 5.32 Å². The van der Waals surface area contributed by atoms with Crippen LogP contribution in [0.4, 0.5) is 5.82 Å². The van der Waals surface area contributed by atoms with Crippen LogP contribution in [0.5, 0.6) is 0 Å². The van der Waals surface area contributed by atoms with Crippen LogP contribution in [0.25, 0.3) is 5.65 Å². The summed E-state index contributed by atoms with van der Waals surface area (Å²) in [6, 6.07) is 16.9. The van der Waals surface area contributed by atoms with Crippen LogP contribution in [0.3, 0.4) is 0 Å². The number of amides is 1. The van der Waals surface area contributed by atoms with E-state index in [2.05, 4.69) is 15.5 Å². The molecule has 8 heteroatoms. The van der Waals surface area contributed by atoms with E-state index >= 15 is 0 Å². The summed E-state index contributed by atoms with van der Waals surface area (Å²) in [5, 5.41) is 11.4. The molecule has 0 aliphatic carbocycles. The first-order valence-corrected chi connectivity index (χ1v) is 8.52. The quantitative estimate of drug-likeness (QED) is 0.585. The number of fused-ring (bicyclic) bond motifs is 1. The molecule has 0 radical (unpaired) electrons.